The van der Waals surface area contributed by atoms with Gasteiger partial charge in [0.1, 0.15) is 11.6 Å². The lowest BCUT2D eigenvalue weighted by Gasteiger charge is -2.31. The molecule has 0 radical (unpaired) electrons. The van der Waals surface area contributed by atoms with Crippen molar-refractivity contribution in [3.05, 3.63) is 88.0 Å². The fourth-order valence-electron chi connectivity index (χ4n) is 5.03. The smallest absolute Gasteiger partial charge is 0.419 e. The first-order chi connectivity index (χ1) is 18.2. The van der Waals surface area contributed by atoms with Gasteiger partial charge in [-0.1, -0.05) is 31.2 Å². The van der Waals surface area contributed by atoms with Crippen molar-refractivity contribution in [1.29, 1.82) is 0 Å². The highest BCUT2D eigenvalue weighted by molar-refractivity contribution is 5.92. The van der Waals surface area contributed by atoms with Gasteiger partial charge in [-0.05, 0) is 80.6 Å². The monoisotopic (exact) mass is 526 g/mol. The second kappa shape index (κ2) is 11.9. The maximum Gasteiger partial charge on any atom is 0.419 e. The molecule has 0 spiro atoms. The van der Waals surface area contributed by atoms with Gasteiger partial charge >= 0.3 is 6.18 Å². The third-order valence-corrected chi connectivity index (χ3v) is 7.25. The summed E-state index contributed by atoms with van der Waals surface area (Å²) in [6.45, 7) is 5.37. The molecule has 0 saturated carbocycles. The van der Waals surface area contributed by atoms with Gasteiger partial charge in [0.05, 0.1) is 18.4 Å². The van der Waals surface area contributed by atoms with Crippen LogP contribution < -0.4 is 10.5 Å². The van der Waals surface area contributed by atoms with Crippen LogP contribution in [-0.4, -0.2) is 47.5 Å². The molecule has 1 fully saturated rings. The summed E-state index contributed by atoms with van der Waals surface area (Å²) in [4.78, 5) is 22.3. The van der Waals surface area contributed by atoms with Crippen molar-refractivity contribution >= 4 is 5.91 Å². The Morgan fingerprint density at radius 3 is 2.55 bits per heavy atom. The number of aromatic nitrogens is 2. The first kappa shape index (κ1) is 27.6. The van der Waals surface area contributed by atoms with Crippen LogP contribution >= 0.6 is 0 Å². The zero-order valence-corrected chi connectivity index (χ0v) is 21.7. The molecule has 6 nitrogen and oxygen atoms in total. The number of alkyl halides is 3. The lowest BCUT2D eigenvalue weighted by Crippen LogP contribution is -2.32. The molecule has 2 N–H and O–H groups in total. The number of carbonyl (C=O) groups excluding carboxylic acids is 1. The number of benzene rings is 2. The number of hydrogen-bond donors (Lipinski definition) is 1. The summed E-state index contributed by atoms with van der Waals surface area (Å²) in [5.74, 6) is 0.858. The summed E-state index contributed by atoms with van der Waals surface area (Å²) >= 11 is 0. The number of aryl methyl sites for hydroxylation is 2. The number of amides is 1. The Morgan fingerprint density at radius 2 is 1.89 bits per heavy atom. The van der Waals surface area contributed by atoms with Crippen LogP contribution in [0.3, 0.4) is 0 Å². The first-order valence-corrected chi connectivity index (χ1v) is 12.9. The molecule has 202 valence electrons. The topological polar surface area (TPSA) is 81.3 Å². The SMILES string of the molecule is CCN1CCC(c2ccc(Cc3ncc(C(F)(F)F)c(CCc4cccc(C(N)=O)c4)n3)c(OC)c2)CC1. The molecule has 4 rings (SSSR count). The van der Waals surface area contributed by atoms with Crippen molar-refractivity contribution in [2.45, 2.75) is 51.1 Å². The highest BCUT2D eigenvalue weighted by Gasteiger charge is 2.35. The van der Waals surface area contributed by atoms with Crippen molar-refractivity contribution in [1.82, 2.24) is 14.9 Å². The van der Waals surface area contributed by atoms with Gasteiger partial charge in [0.15, 0.2) is 0 Å². The molecule has 3 aromatic rings. The van der Waals surface area contributed by atoms with Gasteiger partial charge in [-0.2, -0.15) is 13.2 Å². The minimum absolute atomic E-state index is 0.0408. The van der Waals surface area contributed by atoms with Gasteiger partial charge in [-0.15, -0.1) is 0 Å². The fourth-order valence-corrected chi connectivity index (χ4v) is 5.03. The zero-order valence-electron chi connectivity index (χ0n) is 21.7. The van der Waals surface area contributed by atoms with Crippen LogP contribution in [0.4, 0.5) is 13.2 Å². The van der Waals surface area contributed by atoms with E-state index in [2.05, 4.69) is 27.9 Å². The van der Waals surface area contributed by atoms with E-state index in [1.165, 1.54) is 5.56 Å². The van der Waals surface area contributed by atoms with E-state index in [1.807, 2.05) is 12.1 Å². The Labute approximate surface area is 221 Å². The lowest BCUT2D eigenvalue weighted by atomic mass is 9.88. The summed E-state index contributed by atoms with van der Waals surface area (Å²) in [5, 5.41) is 0. The van der Waals surface area contributed by atoms with Gasteiger partial charge in [0, 0.05) is 23.7 Å². The quantitative estimate of drug-likeness (QED) is 0.416. The van der Waals surface area contributed by atoms with Crippen LogP contribution in [0.1, 0.15) is 69.8 Å². The van der Waals surface area contributed by atoms with Gasteiger partial charge < -0.3 is 15.4 Å². The normalized spacial score (nSPS) is 15.0. The van der Waals surface area contributed by atoms with E-state index in [4.69, 9.17) is 10.5 Å². The number of rotatable bonds is 9. The molecular formula is C29H33F3N4O2. The molecular weight excluding hydrogens is 493 g/mol. The summed E-state index contributed by atoms with van der Waals surface area (Å²) < 4.78 is 46.8. The number of primary amides is 1. The van der Waals surface area contributed by atoms with Crippen LogP contribution in [-0.2, 0) is 25.4 Å². The summed E-state index contributed by atoms with van der Waals surface area (Å²) in [5.41, 5.74) is 7.45. The molecule has 1 aliphatic rings. The maximum atomic E-state index is 13.7. The number of piperidine rings is 1. The number of nitrogens with two attached hydrogens (primary N) is 1. The molecule has 0 atom stereocenters. The van der Waals surface area contributed by atoms with Crippen molar-refractivity contribution in [3.8, 4) is 5.75 Å². The molecule has 9 heteroatoms. The van der Waals surface area contributed by atoms with Gasteiger partial charge in [0.25, 0.3) is 0 Å². The first-order valence-electron chi connectivity index (χ1n) is 12.9. The second-order valence-electron chi connectivity index (χ2n) is 9.67. The van der Waals surface area contributed by atoms with Crippen LogP contribution in [0.25, 0.3) is 0 Å². The number of nitrogens with zero attached hydrogens (tertiary/aromatic N) is 3. The second-order valence-corrected chi connectivity index (χ2v) is 9.67. The summed E-state index contributed by atoms with van der Waals surface area (Å²) in [6.07, 6.45) is -0.974. The molecule has 2 aromatic carbocycles. The molecule has 38 heavy (non-hydrogen) atoms. The molecule has 0 unspecified atom stereocenters. The van der Waals surface area contributed by atoms with E-state index in [0.29, 0.717) is 28.6 Å². The number of halogens is 3. The molecule has 0 aliphatic carbocycles. The van der Waals surface area contributed by atoms with Crippen molar-refractivity contribution < 1.29 is 22.7 Å². The number of methoxy groups -OCH3 is 1. The van der Waals surface area contributed by atoms with Crippen molar-refractivity contribution in [2.75, 3.05) is 26.7 Å². The number of likely N-dealkylation sites (tertiary alicyclic amines) is 1. The van der Waals surface area contributed by atoms with Crippen LogP contribution in [0.15, 0.2) is 48.7 Å². The Kier molecular flexibility index (Phi) is 8.66. The van der Waals surface area contributed by atoms with E-state index in [1.54, 1.807) is 31.4 Å². The Morgan fingerprint density at radius 1 is 1.13 bits per heavy atom. The third kappa shape index (κ3) is 6.69. The predicted octanol–water partition coefficient (Wildman–Crippen LogP) is 5.18. The standard InChI is InChI=1S/C29H33F3N4O2/c1-3-36-13-11-20(12-14-36)21-8-9-22(26(16-21)38-2)17-27-34-18-24(29(30,31)32)25(35-27)10-7-19-5-4-6-23(15-19)28(33)37/h4-6,8-9,15-16,18,20H,3,7,10-14,17H2,1-2H3,(H2,33,37). The average Bonchev–Trinajstić information content (AvgIpc) is 2.91. The van der Waals surface area contributed by atoms with E-state index in [-0.39, 0.29) is 25.0 Å². The molecule has 1 amide bonds. The van der Waals surface area contributed by atoms with Crippen LogP contribution in [0.5, 0.6) is 5.75 Å². The van der Waals surface area contributed by atoms with Crippen molar-refractivity contribution in [3.63, 3.8) is 0 Å². The summed E-state index contributed by atoms with van der Waals surface area (Å²) in [6, 6.07) is 12.7. The molecule has 2 heterocycles. The number of hydrogen-bond acceptors (Lipinski definition) is 5. The molecule has 1 aromatic heterocycles. The van der Waals surface area contributed by atoms with E-state index in [0.717, 1.165) is 44.2 Å². The van der Waals surface area contributed by atoms with Crippen molar-refractivity contribution in [2.24, 2.45) is 5.73 Å². The lowest BCUT2D eigenvalue weighted by molar-refractivity contribution is -0.138. The average molecular weight is 527 g/mol. The van der Waals surface area contributed by atoms with Gasteiger partial charge in [-0.3, -0.25) is 4.79 Å². The van der Waals surface area contributed by atoms with E-state index < -0.39 is 17.6 Å². The Hall–Kier alpha value is -3.46. The van der Waals surface area contributed by atoms with Crippen LogP contribution in [0.2, 0.25) is 0 Å². The highest BCUT2D eigenvalue weighted by atomic mass is 19.4. The molecule has 0 bridgehead atoms. The minimum atomic E-state index is -4.57. The minimum Gasteiger partial charge on any atom is -0.496 e. The Balaban J connectivity index is 1.54. The largest absolute Gasteiger partial charge is 0.496 e. The summed E-state index contributed by atoms with van der Waals surface area (Å²) in [7, 11) is 1.60. The zero-order chi connectivity index (χ0) is 27.3. The maximum absolute atomic E-state index is 13.7. The third-order valence-electron chi connectivity index (χ3n) is 7.25. The van der Waals surface area contributed by atoms with E-state index in [9.17, 15) is 18.0 Å². The fraction of sp³-hybridized carbons (Fsp3) is 0.414. The highest BCUT2D eigenvalue weighted by Crippen LogP contribution is 2.34. The van der Waals surface area contributed by atoms with Crippen LogP contribution in [0, 0.1) is 0 Å². The van der Waals surface area contributed by atoms with E-state index >= 15 is 0 Å². The number of ether oxygens (including phenoxy) is 1. The molecule has 1 saturated heterocycles. The molecule has 1 aliphatic heterocycles. The van der Waals surface area contributed by atoms with Gasteiger partial charge in [0.2, 0.25) is 5.91 Å². The van der Waals surface area contributed by atoms with Gasteiger partial charge in [-0.25, -0.2) is 9.97 Å². The number of carbonyl (C=O) groups is 1. The Bertz CT molecular complexity index is 1270. The predicted molar refractivity (Wildman–Crippen MR) is 139 cm³/mol.